The largest absolute Gasteiger partial charge is 0.293 e. The second-order valence-electron chi connectivity index (χ2n) is 4.41. The first-order valence-electron chi connectivity index (χ1n) is 6.28. The van der Waals surface area contributed by atoms with Gasteiger partial charge in [0.15, 0.2) is 0 Å². The maximum Gasteiger partial charge on any atom is 0.252 e. The molecule has 4 nitrogen and oxygen atoms in total. The van der Waals surface area contributed by atoms with Gasteiger partial charge < -0.3 is 0 Å². The van der Waals surface area contributed by atoms with Crippen molar-refractivity contribution >= 4 is 5.91 Å². The molecule has 0 radical (unpaired) electrons. The van der Waals surface area contributed by atoms with E-state index in [-0.39, 0.29) is 5.92 Å². The highest BCUT2D eigenvalue weighted by atomic mass is 16.2. The van der Waals surface area contributed by atoms with Gasteiger partial charge in [-0.15, -0.1) is 0 Å². The molecule has 100 valence electrons. The van der Waals surface area contributed by atoms with Gasteiger partial charge in [-0.2, -0.15) is 5.26 Å². The summed E-state index contributed by atoms with van der Waals surface area (Å²) in [5.41, 5.74) is 3.90. The molecule has 1 unspecified atom stereocenters. The Balaban J connectivity index is 2.50. The first-order chi connectivity index (χ1) is 9.77. The van der Waals surface area contributed by atoms with Crippen LogP contribution in [-0.2, 0) is 4.79 Å². The van der Waals surface area contributed by atoms with E-state index in [0.717, 1.165) is 11.1 Å². The molecule has 0 saturated carbocycles. The molecule has 2 aromatic carbocycles. The van der Waals surface area contributed by atoms with Crippen LogP contribution in [0.5, 0.6) is 0 Å². The highest BCUT2D eigenvalue weighted by Gasteiger charge is 2.30. The Morgan fingerprint density at radius 3 is 1.80 bits per heavy atom. The summed E-state index contributed by atoms with van der Waals surface area (Å²) in [5, 5.41) is 9.35. The van der Waals surface area contributed by atoms with Crippen molar-refractivity contribution in [3.8, 4) is 6.07 Å². The molecule has 3 N–H and O–H groups in total. The number of benzene rings is 2. The van der Waals surface area contributed by atoms with Crippen LogP contribution in [-0.4, -0.2) is 5.91 Å². The molecule has 0 fully saturated rings. The molecule has 0 spiro atoms. The fourth-order valence-electron chi connectivity index (χ4n) is 2.27. The summed E-state index contributed by atoms with van der Waals surface area (Å²) >= 11 is 0. The lowest BCUT2D eigenvalue weighted by atomic mass is 9.81. The zero-order valence-corrected chi connectivity index (χ0v) is 10.9. The molecule has 1 amide bonds. The molecule has 0 bridgehead atoms. The summed E-state index contributed by atoms with van der Waals surface area (Å²) in [4.78, 5) is 11.9. The van der Waals surface area contributed by atoms with Crippen LogP contribution in [0, 0.1) is 17.2 Å². The van der Waals surface area contributed by atoms with Crippen molar-refractivity contribution < 1.29 is 4.79 Å². The lowest BCUT2D eigenvalue weighted by Gasteiger charge is -2.21. The first kappa shape index (κ1) is 13.8. The Labute approximate surface area is 117 Å². The molecule has 20 heavy (non-hydrogen) atoms. The third-order valence-corrected chi connectivity index (χ3v) is 3.21. The standard InChI is InChI=1S/C16H15N3O/c17-11-14(16(20)19-18)15(12-7-3-1-4-8-12)13-9-5-2-6-10-13/h1-10,14-15H,18H2,(H,19,20). The molecular formula is C16H15N3O. The normalized spacial score (nSPS) is 11.7. The monoisotopic (exact) mass is 265 g/mol. The van der Waals surface area contributed by atoms with Gasteiger partial charge in [0.05, 0.1) is 6.07 Å². The minimum absolute atomic E-state index is 0.342. The quantitative estimate of drug-likeness (QED) is 0.504. The van der Waals surface area contributed by atoms with Crippen molar-refractivity contribution in [2.45, 2.75) is 5.92 Å². The van der Waals surface area contributed by atoms with Gasteiger partial charge in [-0.1, -0.05) is 60.7 Å². The Kier molecular flexibility index (Phi) is 4.48. The van der Waals surface area contributed by atoms with Crippen LogP contribution in [0.4, 0.5) is 0 Å². The number of nitrogens with one attached hydrogen (secondary N) is 1. The van der Waals surface area contributed by atoms with Gasteiger partial charge in [-0.05, 0) is 11.1 Å². The zero-order valence-electron chi connectivity index (χ0n) is 10.9. The average Bonchev–Trinajstić information content (AvgIpc) is 2.53. The minimum atomic E-state index is -0.871. The summed E-state index contributed by atoms with van der Waals surface area (Å²) in [6.45, 7) is 0. The van der Waals surface area contributed by atoms with E-state index in [1.54, 1.807) is 0 Å². The van der Waals surface area contributed by atoms with Gasteiger partial charge in [0.1, 0.15) is 5.92 Å². The second-order valence-corrected chi connectivity index (χ2v) is 4.41. The minimum Gasteiger partial charge on any atom is -0.293 e. The van der Waals surface area contributed by atoms with Crippen molar-refractivity contribution in [1.82, 2.24) is 5.43 Å². The lowest BCUT2D eigenvalue weighted by Crippen LogP contribution is -2.38. The van der Waals surface area contributed by atoms with E-state index < -0.39 is 11.8 Å². The van der Waals surface area contributed by atoms with Gasteiger partial charge in [-0.3, -0.25) is 10.2 Å². The summed E-state index contributed by atoms with van der Waals surface area (Å²) < 4.78 is 0. The van der Waals surface area contributed by atoms with Crippen molar-refractivity contribution in [3.63, 3.8) is 0 Å². The Bertz CT molecular complexity index is 565. The van der Waals surface area contributed by atoms with Gasteiger partial charge in [-0.25, -0.2) is 5.84 Å². The molecular weight excluding hydrogens is 250 g/mol. The molecule has 0 aliphatic heterocycles. The highest BCUT2D eigenvalue weighted by Crippen LogP contribution is 2.31. The van der Waals surface area contributed by atoms with Crippen LogP contribution >= 0.6 is 0 Å². The summed E-state index contributed by atoms with van der Waals surface area (Å²) in [7, 11) is 0. The molecule has 0 aliphatic carbocycles. The van der Waals surface area contributed by atoms with E-state index in [0.29, 0.717) is 0 Å². The van der Waals surface area contributed by atoms with E-state index in [1.165, 1.54) is 0 Å². The van der Waals surface area contributed by atoms with Gasteiger partial charge in [0, 0.05) is 5.92 Å². The van der Waals surface area contributed by atoms with Gasteiger partial charge in [0.2, 0.25) is 0 Å². The van der Waals surface area contributed by atoms with E-state index in [1.807, 2.05) is 60.7 Å². The van der Waals surface area contributed by atoms with Crippen LogP contribution in [0.1, 0.15) is 17.0 Å². The number of hydrogen-bond donors (Lipinski definition) is 2. The molecule has 0 saturated heterocycles. The topological polar surface area (TPSA) is 78.9 Å². The maximum absolute atomic E-state index is 11.9. The molecule has 0 aromatic heterocycles. The summed E-state index contributed by atoms with van der Waals surface area (Å²) in [6.07, 6.45) is 0. The predicted molar refractivity (Wildman–Crippen MR) is 76.2 cm³/mol. The number of carbonyl (C=O) groups is 1. The maximum atomic E-state index is 11.9. The number of hydrogen-bond acceptors (Lipinski definition) is 3. The van der Waals surface area contributed by atoms with Gasteiger partial charge in [0.25, 0.3) is 5.91 Å². The van der Waals surface area contributed by atoms with Crippen LogP contribution in [0.3, 0.4) is 0 Å². The fraction of sp³-hybridized carbons (Fsp3) is 0.125. The number of carbonyl (C=O) groups excluding carboxylic acids is 1. The zero-order chi connectivity index (χ0) is 14.4. The van der Waals surface area contributed by atoms with Crippen LogP contribution in [0.25, 0.3) is 0 Å². The van der Waals surface area contributed by atoms with Crippen LogP contribution in [0.15, 0.2) is 60.7 Å². The lowest BCUT2D eigenvalue weighted by molar-refractivity contribution is -0.123. The van der Waals surface area contributed by atoms with E-state index in [4.69, 9.17) is 5.84 Å². The smallest absolute Gasteiger partial charge is 0.252 e. The van der Waals surface area contributed by atoms with E-state index in [2.05, 4.69) is 11.5 Å². The van der Waals surface area contributed by atoms with E-state index in [9.17, 15) is 10.1 Å². The Morgan fingerprint density at radius 2 is 1.45 bits per heavy atom. The Hall–Kier alpha value is -2.64. The fourth-order valence-corrected chi connectivity index (χ4v) is 2.27. The van der Waals surface area contributed by atoms with Crippen molar-refractivity contribution in [1.29, 1.82) is 5.26 Å². The third kappa shape index (κ3) is 2.85. The van der Waals surface area contributed by atoms with Crippen molar-refractivity contribution in [3.05, 3.63) is 71.8 Å². The summed E-state index contributed by atoms with van der Waals surface area (Å²) in [5.74, 6) is 3.50. The molecule has 2 aromatic rings. The average molecular weight is 265 g/mol. The molecule has 4 heteroatoms. The number of hydrazine groups is 1. The van der Waals surface area contributed by atoms with E-state index >= 15 is 0 Å². The van der Waals surface area contributed by atoms with Crippen LogP contribution in [0.2, 0.25) is 0 Å². The predicted octanol–water partition coefficient (Wildman–Crippen LogP) is 1.95. The Morgan fingerprint density at radius 1 is 1.00 bits per heavy atom. The van der Waals surface area contributed by atoms with Gasteiger partial charge >= 0.3 is 0 Å². The molecule has 0 heterocycles. The number of nitriles is 1. The SMILES string of the molecule is N#CC(C(=O)NN)C(c1ccccc1)c1ccccc1. The van der Waals surface area contributed by atoms with Crippen molar-refractivity contribution in [2.24, 2.45) is 11.8 Å². The molecule has 2 rings (SSSR count). The van der Waals surface area contributed by atoms with Crippen molar-refractivity contribution in [2.75, 3.05) is 0 Å². The highest BCUT2D eigenvalue weighted by molar-refractivity contribution is 5.82. The number of rotatable bonds is 4. The molecule has 0 aliphatic rings. The third-order valence-electron chi connectivity index (χ3n) is 3.21. The first-order valence-corrected chi connectivity index (χ1v) is 6.28. The summed E-state index contributed by atoms with van der Waals surface area (Å²) in [6, 6.07) is 21.0. The number of nitrogens with zero attached hydrogens (tertiary/aromatic N) is 1. The number of amides is 1. The second kappa shape index (κ2) is 6.50. The van der Waals surface area contributed by atoms with Crippen LogP contribution < -0.4 is 11.3 Å². The number of nitrogens with two attached hydrogens (primary N) is 1. The molecule has 1 atom stereocenters.